The lowest BCUT2D eigenvalue weighted by Gasteiger charge is -2.24. The fourth-order valence-corrected chi connectivity index (χ4v) is 2.34. The summed E-state index contributed by atoms with van der Waals surface area (Å²) in [7, 11) is 0. The molecule has 1 aromatic rings. The van der Waals surface area contributed by atoms with E-state index in [-0.39, 0.29) is 17.3 Å². The molecule has 0 bridgehead atoms. The summed E-state index contributed by atoms with van der Waals surface area (Å²) in [5.74, 6) is 1.14. The minimum atomic E-state index is -0.0261. The van der Waals surface area contributed by atoms with Gasteiger partial charge in [-0.05, 0) is 36.3 Å². The SMILES string of the molecule is CC(C)(CCO)CNc1nc(Cl)nc(N2CCCC2)n1. The van der Waals surface area contributed by atoms with Gasteiger partial charge in [0.15, 0.2) is 0 Å². The van der Waals surface area contributed by atoms with E-state index >= 15 is 0 Å². The van der Waals surface area contributed by atoms with Gasteiger partial charge in [0.2, 0.25) is 17.2 Å². The lowest BCUT2D eigenvalue weighted by Crippen LogP contribution is -2.26. The standard InChI is InChI=1S/C13H22ClN5O/c1-13(2,5-8-20)9-15-11-16-10(14)17-12(18-11)19-6-3-4-7-19/h20H,3-9H2,1-2H3,(H,15,16,17,18). The fourth-order valence-electron chi connectivity index (χ4n) is 2.19. The largest absolute Gasteiger partial charge is 0.396 e. The molecule has 0 aliphatic carbocycles. The summed E-state index contributed by atoms with van der Waals surface area (Å²) >= 11 is 5.97. The normalized spacial score (nSPS) is 15.7. The van der Waals surface area contributed by atoms with Crippen LogP contribution in [-0.4, -0.2) is 46.3 Å². The van der Waals surface area contributed by atoms with Gasteiger partial charge in [0, 0.05) is 26.2 Å². The first-order valence-electron chi connectivity index (χ1n) is 7.01. The second kappa shape index (κ2) is 6.54. The molecule has 1 fully saturated rings. The molecule has 0 aromatic carbocycles. The third-order valence-corrected chi connectivity index (χ3v) is 3.67. The number of rotatable bonds is 6. The zero-order valence-electron chi connectivity index (χ0n) is 12.1. The minimum absolute atomic E-state index is 0.0261. The third-order valence-electron chi connectivity index (χ3n) is 3.50. The van der Waals surface area contributed by atoms with Crippen LogP contribution in [0.5, 0.6) is 0 Å². The molecule has 0 amide bonds. The maximum atomic E-state index is 9.03. The smallest absolute Gasteiger partial charge is 0.231 e. The first kappa shape index (κ1) is 15.3. The molecule has 0 spiro atoms. The molecule has 1 aliphatic rings. The Kier molecular flexibility index (Phi) is 4.99. The predicted molar refractivity (Wildman–Crippen MR) is 80.3 cm³/mol. The summed E-state index contributed by atoms with van der Waals surface area (Å²) in [5.41, 5.74) is -0.0261. The van der Waals surface area contributed by atoms with E-state index in [4.69, 9.17) is 16.7 Å². The molecule has 112 valence electrons. The van der Waals surface area contributed by atoms with Gasteiger partial charge >= 0.3 is 0 Å². The summed E-state index contributed by atoms with van der Waals surface area (Å²) in [6, 6.07) is 0. The average molecular weight is 300 g/mol. The van der Waals surface area contributed by atoms with Crippen LogP contribution in [0.3, 0.4) is 0 Å². The van der Waals surface area contributed by atoms with Crippen LogP contribution < -0.4 is 10.2 Å². The maximum absolute atomic E-state index is 9.03. The van der Waals surface area contributed by atoms with Gasteiger partial charge in [-0.1, -0.05) is 13.8 Å². The summed E-state index contributed by atoms with van der Waals surface area (Å²) in [4.78, 5) is 14.8. The van der Waals surface area contributed by atoms with Gasteiger partial charge in [0.1, 0.15) is 0 Å². The maximum Gasteiger partial charge on any atom is 0.231 e. The Morgan fingerprint density at radius 1 is 1.25 bits per heavy atom. The van der Waals surface area contributed by atoms with Crippen molar-refractivity contribution in [3.63, 3.8) is 0 Å². The Hall–Kier alpha value is -1.14. The van der Waals surface area contributed by atoms with E-state index in [0.29, 0.717) is 18.4 Å². The highest BCUT2D eigenvalue weighted by atomic mass is 35.5. The van der Waals surface area contributed by atoms with E-state index in [1.54, 1.807) is 0 Å². The van der Waals surface area contributed by atoms with Crippen LogP contribution in [0.25, 0.3) is 0 Å². The Balaban J connectivity index is 2.04. The number of halogens is 1. The number of nitrogens with zero attached hydrogens (tertiary/aromatic N) is 4. The van der Waals surface area contributed by atoms with Crippen molar-refractivity contribution >= 4 is 23.5 Å². The number of nitrogens with one attached hydrogen (secondary N) is 1. The van der Waals surface area contributed by atoms with E-state index in [0.717, 1.165) is 32.4 Å². The van der Waals surface area contributed by atoms with Gasteiger partial charge in [-0.3, -0.25) is 0 Å². The van der Waals surface area contributed by atoms with Gasteiger partial charge < -0.3 is 15.3 Å². The van der Waals surface area contributed by atoms with Crippen LogP contribution in [0.2, 0.25) is 5.28 Å². The number of aliphatic hydroxyl groups is 1. The Morgan fingerprint density at radius 2 is 1.95 bits per heavy atom. The van der Waals surface area contributed by atoms with Gasteiger partial charge in [-0.15, -0.1) is 0 Å². The number of anilines is 2. The lowest BCUT2D eigenvalue weighted by atomic mass is 9.90. The van der Waals surface area contributed by atoms with Crippen molar-refractivity contribution in [2.75, 3.05) is 36.5 Å². The van der Waals surface area contributed by atoms with E-state index in [9.17, 15) is 0 Å². The summed E-state index contributed by atoms with van der Waals surface area (Å²) in [6.45, 7) is 6.95. The summed E-state index contributed by atoms with van der Waals surface area (Å²) in [5, 5.41) is 12.4. The topological polar surface area (TPSA) is 74.2 Å². The second-order valence-corrected chi connectivity index (χ2v) is 6.25. The zero-order chi connectivity index (χ0) is 14.6. The van der Waals surface area contributed by atoms with Crippen LogP contribution in [-0.2, 0) is 0 Å². The summed E-state index contributed by atoms with van der Waals surface area (Å²) in [6.07, 6.45) is 3.04. The number of aromatic nitrogens is 3. The molecular formula is C13H22ClN5O. The molecule has 0 atom stereocenters. The van der Waals surface area contributed by atoms with Crippen LogP contribution in [0.1, 0.15) is 33.1 Å². The van der Waals surface area contributed by atoms with Crippen molar-refractivity contribution in [2.45, 2.75) is 33.1 Å². The minimum Gasteiger partial charge on any atom is -0.396 e. The molecule has 0 radical (unpaired) electrons. The van der Waals surface area contributed by atoms with Crippen LogP contribution in [0.4, 0.5) is 11.9 Å². The molecule has 7 heteroatoms. The monoisotopic (exact) mass is 299 g/mol. The molecule has 2 N–H and O–H groups in total. The van der Waals surface area contributed by atoms with Crippen molar-refractivity contribution in [3.8, 4) is 0 Å². The van der Waals surface area contributed by atoms with Crippen molar-refractivity contribution in [3.05, 3.63) is 5.28 Å². The molecule has 0 saturated carbocycles. The lowest BCUT2D eigenvalue weighted by molar-refractivity contribution is 0.220. The highest BCUT2D eigenvalue weighted by Gasteiger charge is 2.19. The highest BCUT2D eigenvalue weighted by Crippen LogP contribution is 2.22. The van der Waals surface area contributed by atoms with Crippen molar-refractivity contribution < 1.29 is 5.11 Å². The quantitative estimate of drug-likeness (QED) is 0.836. The zero-order valence-corrected chi connectivity index (χ0v) is 12.8. The van der Waals surface area contributed by atoms with E-state index in [1.807, 2.05) is 0 Å². The first-order valence-corrected chi connectivity index (χ1v) is 7.39. The van der Waals surface area contributed by atoms with E-state index in [1.165, 1.54) is 0 Å². The summed E-state index contributed by atoms with van der Waals surface area (Å²) < 4.78 is 0. The van der Waals surface area contributed by atoms with E-state index < -0.39 is 0 Å². The molecule has 2 heterocycles. The number of aliphatic hydroxyl groups excluding tert-OH is 1. The molecular weight excluding hydrogens is 278 g/mol. The Labute approximate surface area is 124 Å². The molecule has 20 heavy (non-hydrogen) atoms. The third kappa shape index (κ3) is 4.18. The molecule has 1 saturated heterocycles. The van der Waals surface area contributed by atoms with Gasteiger partial charge in [-0.25, -0.2) is 0 Å². The van der Waals surface area contributed by atoms with Crippen LogP contribution in [0.15, 0.2) is 0 Å². The fraction of sp³-hybridized carbons (Fsp3) is 0.769. The Morgan fingerprint density at radius 3 is 2.60 bits per heavy atom. The predicted octanol–water partition coefficient (Wildman–Crippen LogP) is 1.95. The molecule has 0 unspecified atom stereocenters. The van der Waals surface area contributed by atoms with Crippen molar-refractivity contribution in [2.24, 2.45) is 5.41 Å². The molecule has 1 aliphatic heterocycles. The molecule has 1 aromatic heterocycles. The molecule has 2 rings (SSSR count). The van der Waals surface area contributed by atoms with Gasteiger partial charge in [0.25, 0.3) is 0 Å². The first-order chi connectivity index (χ1) is 9.50. The number of hydrogen-bond acceptors (Lipinski definition) is 6. The Bertz CT molecular complexity index is 448. The van der Waals surface area contributed by atoms with E-state index in [2.05, 4.69) is 39.0 Å². The van der Waals surface area contributed by atoms with Gasteiger partial charge in [-0.2, -0.15) is 15.0 Å². The molecule has 6 nitrogen and oxygen atoms in total. The van der Waals surface area contributed by atoms with Crippen molar-refractivity contribution in [1.82, 2.24) is 15.0 Å². The average Bonchev–Trinajstić information content (AvgIpc) is 2.90. The van der Waals surface area contributed by atoms with Crippen molar-refractivity contribution in [1.29, 1.82) is 0 Å². The van der Waals surface area contributed by atoms with Gasteiger partial charge in [0.05, 0.1) is 0 Å². The van der Waals surface area contributed by atoms with Crippen LogP contribution in [0, 0.1) is 5.41 Å². The second-order valence-electron chi connectivity index (χ2n) is 5.91. The number of hydrogen-bond donors (Lipinski definition) is 2. The highest BCUT2D eigenvalue weighted by molar-refractivity contribution is 6.28. The van der Waals surface area contributed by atoms with Crippen LogP contribution >= 0.6 is 11.6 Å².